The highest BCUT2D eigenvalue weighted by Gasteiger charge is 2.19. The van der Waals surface area contributed by atoms with E-state index < -0.39 is 0 Å². The van der Waals surface area contributed by atoms with Crippen molar-refractivity contribution in [3.05, 3.63) is 78.6 Å². The standard InChI is InChI=1S/C22H20N4O2/c27-21(18-12-17(14-23-15-18)16-6-2-1-3-7-16)25-19-8-4-9-20(13-19)26-11-5-10-24-22(26)28/h1-4,6-9,12-15H,5,10-11H2,(H,24,28)(H,25,27). The topological polar surface area (TPSA) is 74.3 Å². The first kappa shape index (κ1) is 17.7. The van der Waals surface area contributed by atoms with Gasteiger partial charge in [-0.25, -0.2) is 4.79 Å². The summed E-state index contributed by atoms with van der Waals surface area (Å²) in [5.74, 6) is -0.245. The highest BCUT2D eigenvalue weighted by Crippen LogP contribution is 2.23. The van der Waals surface area contributed by atoms with Gasteiger partial charge in [0.2, 0.25) is 0 Å². The van der Waals surface area contributed by atoms with Crippen LogP contribution in [0.2, 0.25) is 0 Å². The zero-order valence-electron chi connectivity index (χ0n) is 15.3. The van der Waals surface area contributed by atoms with E-state index in [-0.39, 0.29) is 11.9 Å². The fraction of sp³-hybridized carbons (Fsp3) is 0.136. The first-order chi connectivity index (χ1) is 13.7. The number of carbonyl (C=O) groups excluding carboxylic acids is 2. The summed E-state index contributed by atoms with van der Waals surface area (Å²) in [6, 6.07) is 18.8. The molecule has 0 aliphatic carbocycles. The molecule has 0 bridgehead atoms. The van der Waals surface area contributed by atoms with E-state index in [1.54, 1.807) is 29.4 Å². The van der Waals surface area contributed by atoms with Crippen molar-refractivity contribution >= 4 is 23.3 Å². The molecule has 1 fully saturated rings. The third-order valence-corrected chi connectivity index (χ3v) is 4.60. The number of hydrogen-bond donors (Lipinski definition) is 2. The minimum absolute atomic E-state index is 0.116. The number of benzene rings is 2. The Hall–Kier alpha value is -3.67. The molecule has 0 atom stereocenters. The number of pyridine rings is 1. The van der Waals surface area contributed by atoms with E-state index in [4.69, 9.17) is 0 Å². The molecule has 140 valence electrons. The van der Waals surface area contributed by atoms with Crippen molar-refractivity contribution in [3.8, 4) is 11.1 Å². The van der Waals surface area contributed by atoms with Crippen LogP contribution in [0.4, 0.5) is 16.2 Å². The van der Waals surface area contributed by atoms with Gasteiger partial charge in [-0.05, 0) is 36.2 Å². The third kappa shape index (κ3) is 3.86. The van der Waals surface area contributed by atoms with E-state index in [0.717, 1.165) is 23.2 Å². The average molecular weight is 372 g/mol. The number of anilines is 2. The van der Waals surface area contributed by atoms with E-state index in [9.17, 15) is 9.59 Å². The number of urea groups is 1. The minimum atomic E-state index is -0.245. The lowest BCUT2D eigenvalue weighted by Crippen LogP contribution is -2.46. The predicted molar refractivity (Wildman–Crippen MR) is 109 cm³/mol. The Kier molecular flexibility index (Phi) is 5.01. The van der Waals surface area contributed by atoms with Crippen molar-refractivity contribution in [2.24, 2.45) is 0 Å². The maximum atomic E-state index is 12.7. The van der Waals surface area contributed by atoms with Crippen LogP contribution in [-0.4, -0.2) is 30.0 Å². The maximum Gasteiger partial charge on any atom is 0.321 e. The molecule has 0 saturated carbocycles. The van der Waals surface area contributed by atoms with Crippen molar-refractivity contribution < 1.29 is 9.59 Å². The summed E-state index contributed by atoms with van der Waals surface area (Å²) in [4.78, 5) is 30.6. The molecule has 1 aliphatic heterocycles. The van der Waals surface area contributed by atoms with Crippen LogP contribution in [0.3, 0.4) is 0 Å². The zero-order chi connectivity index (χ0) is 19.3. The second kappa shape index (κ2) is 7.92. The van der Waals surface area contributed by atoms with Gasteiger partial charge in [0.1, 0.15) is 0 Å². The monoisotopic (exact) mass is 372 g/mol. The lowest BCUT2D eigenvalue weighted by atomic mass is 10.1. The van der Waals surface area contributed by atoms with Crippen molar-refractivity contribution in [1.29, 1.82) is 0 Å². The van der Waals surface area contributed by atoms with Crippen LogP contribution < -0.4 is 15.5 Å². The molecule has 0 radical (unpaired) electrons. The van der Waals surface area contributed by atoms with Crippen LogP contribution in [0.25, 0.3) is 11.1 Å². The van der Waals surface area contributed by atoms with Crippen LogP contribution in [0.1, 0.15) is 16.8 Å². The Morgan fingerprint density at radius 3 is 2.68 bits per heavy atom. The van der Waals surface area contributed by atoms with Gasteiger partial charge in [-0.1, -0.05) is 36.4 Å². The molecule has 6 nitrogen and oxygen atoms in total. The van der Waals surface area contributed by atoms with E-state index in [0.29, 0.717) is 24.3 Å². The van der Waals surface area contributed by atoms with E-state index >= 15 is 0 Å². The molecule has 6 heteroatoms. The summed E-state index contributed by atoms with van der Waals surface area (Å²) in [7, 11) is 0. The van der Waals surface area contributed by atoms with Gasteiger partial charge >= 0.3 is 6.03 Å². The van der Waals surface area contributed by atoms with Gasteiger partial charge < -0.3 is 10.6 Å². The summed E-state index contributed by atoms with van der Waals surface area (Å²) in [5.41, 5.74) is 3.74. The third-order valence-electron chi connectivity index (χ3n) is 4.60. The van der Waals surface area contributed by atoms with Crippen molar-refractivity contribution in [3.63, 3.8) is 0 Å². The number of aromatic nitrogens is 1. The predicted octanol–water partition coefficient (Wildman–Crippen LogP) is 3.92. The van der Waals surface area contributed by atoms with E-state index in [2.05, 4.69) is 15.6 Å². The molecule has 2 N–H and O–H groups in total. The molecule has 0 spiro atoms. The number of carbonyl (C=O) groups is 2. The average Bonchev–Trinajstić information content (AvgIpc) is 2.75. The Balaban J connectivity index is 1.53. The fourth-order valence-corrected chi connectivity index (χ4v) is 3.18. The Morgan fingerprint density at radius 2 is 1.86 bits per heavy atom. The smallest absolute Gasteiger partial charge is 0.321 e. The van der Waals surface area contributed by atoms with Gasteiger partial charge in [0, 0.05) is 42.4 Å². The van der Waals surface area contributed by atoms with Gasteiger partial charge in [0.25, 0.3) is 5.91 Å². The van der Waals surface area contributed by atoms with Crippen LogP contribution >= 0.6 is 0 Å². The van der Waals surface area contributed by atoms with E-state index in [1.807, 2.05) is 48.5 Å². The van der Waals surface area contributed by atoms with Gasteiger partial charge in [-0.3, -0.25) is 14.7 Å². The molecule has 3 amide bonds. The SMILES string of the molecule is O=C(Nc1cccc(N2CCCNC2=O)c1)c1cncc(-c2ccccc2)c1. The van der Waals surface area contributed by atoms with Gasteiger partial charge in [-0.2, -0.15) is 0 Å². The van der Waals surface area contributed by atoms with Gasteiger partial charge in [0.15, 0.2) is 0 Å². The molecule has 4 rings (SSSR count). The second-order valence-electron chi connectivity index (χ2n) is 6.57. The summed E-state index contributed by atoms with van der Waals surface area (Å²) >= 11 is 0. The van der Waals surface area contributed by atoms with Gasteiger partial charge in [-0.15, -0.1) is 0 Å². The molecule has 1 aromatic heterocycles. The van der Waals surface area contributed by atoms with Crippen LogP contribution in [0, 0.1) is 0 Å². The first-order valence-corrected chi connectivity index (χ1v) is 9.18. The second-order valence-corrected chi connectivity index (χ2v) is 6.57. The van der Waals surface area contributed by atoms with Crippen molar-refractivity contribution in [2.75, 3.05) is 23.3 Å². The number of amides is 3. The lowest BCUT2D eigenvalue weighted by Gasteiger charge is -2.27. The lowest BCUT2D eigenvalue weighted by molar-refractivity contribution is 0.102. The number of nitrogens with zero attached hydrogens (tertiary/aromatic N) is 2. The van der Waals surface area contributed by atoms with Gasteiger partial charge in [0.05, 0.1) is 5.56 Å². The molecule has 2 heterocycles. The highest BCUT2D eigenvalue weighted by molar-refractivity contribution is 6.05. The highest BCUT2D eigenvalue weighted by atomic mass is 16.2. The summed E-state index contributed by atoms with van der Waals surface area (Å²) in [6.45, 7) is 1.35. The Bertz CT molecular complexity index is 1000. The molecule has 2 aromatic carbocycles. The summed E-state index contributed by atoms with van der Waals surface area (Å²) < 4.78 is 0. The number of nitrogens with one attached hydrogen (secondary N) is 2. The Labute approximate surface area is 163 Å². The summed E-state index contributed by atoms with van der Waals surface area (Å²) in [5, 5.41) is 5.72. The normalized spacial score (nSPS) is 13.7. The zero-order valence-corrected chi connectivity index (χ0v) is 15.3. The molecule has 28 heavy (non-hydrogen) atoms. The van der Waals surface area contributed by atoms with Crippen LogP contribution in [-0.2, 0) is 0 Å². The van der Waals surface area contributed by atoms with Crippen LogP contribution in [0.5, 0.6) is 0 Å². The van der Waals surface area contributed by atoms with Crippen LogP contribution in [0.15, 0.2) is 73.1 Å². The molecule has 0 unspecified atom stereocenters. The number of hydrogen-bond acceptors (Lipinski definition) is 3. The molecular formula is C22H20N4O2. The summed E-state index contributed by atoms with van der Waals surface area (Å²) in [6.07, 6.45) is 4.17. The number of rotatable bonds is 4. The minimum Gasteiger partial charge on any atom is -0.338 e. The Morgan fingerprint density at radius 1 is 1.00 bits per heavy atom. The van der Waals surface area contributed by atoms with Crippen molar-refractivity contribution in [2.45, 2.75) is 6.42 Å². The van der Waals surface area contributed by atoms with Crippen molar-refractivity contribution in [1.82, 2.24) is 10.3 Å². The largest absolute Gasteiger partial charge is 0.338 e. The molecule has 1 aliphatic rings. The molecule has 3 aromatic rings. The quantitative estimate of drug-likeness (QED) is 0.729. The fourth-order valence-electron chi connectivity index (χ4n) is 3.18. The molecule has 1 saturated heterocycles. The first-order valence-electron chi connectivity index (χ1n) is 9.18. The maximum absolute atomic E-state index is 12.7. The molecular weight excluding hydrogens is 352 g/mol. The van der Waals surface area contributed by atoms with E-state index in [1.165, 1.54) is 0 Å².